The molecule has 0 radical (unpaired) electrons. The van der Waals surface area contributed by atoms with Gasteiger partial charge in [-0.3, -0.25) is 0 Å². The summed E-state index contributed by atoms with van der Waals surface area (Å²) in [6, 6.07) is 1.01. The van der Waals surface area contributed by atoms with Gasteiger partial charge in [0.1, 0.15) is 0 Å². The molecule has 0 rings (SSSR count). The third kappa shape index (κ3) is 8.64. The second-order valence-electron chi connectivity index (χ2n) is 4.54. The molecule has 0 spiro atoms. The highest BCUT2D eigenvalue weighted by molar-refractivity contribution is 4.93. The largest absolute Gasteiger partial charge is 0.396 e. The normalized spacial score (nSPS) is 14.7. The zero-order valence-corrected chi connectivity index (χ0v) is 10.7. The molecule has 0 aliphatic rings. The Bertz CT molecular complexity index is 173. The highest BCUT2D eigenvalue weighted by Crippen LogP contribution is 2.05. The molecule has 2 N–H and O–H groups in total. The fourth-order valence-corrected chi connectivity index (χ4v) is 1.67. The van der Waals surface area contributed by atoms with Crippen LogP contribution in [0.15, 0.2) is 11.6 Å². The maximum absolute atomic E-state index is 8.88. The first-order valence-electron chi connectivity index (χ1n) is 6.10. The topological polar surface area (TPSA) is 32.3 Å². The van der Waals surface area contributed by atoms with Gasteiger partial charge < -0.3 is 10.4 Å². The Morgan fingerprint density at radius 3 is 2.47 bits per heavy atom. The van der Waals surface area contributed by atoms with E-state index >= 15 is 0 Å². The van der Waals surface area contributed by atoms with Crippen LogP contribution in [0.3, 0.4) is 0 Å². The minimum Gasteiger partial charge on any atom is -0.396 e. The molecule has 15 heavy (non-hydrogen) atoms. The van der Waals surface area contributed by atoms with E-state index in [4.69, 9.17) is 5.11 Å². The van der Waals surface area contributed by atoms with Crippen molar-refractivity contribution in [1.82, 2.24) is 5.32 Å². The first kappa shape index (κ1) is 14.7. The third-order valence-electron chi connectivity index (χ3n) is 2.64. The van der Waals surface area contributed by atoms with Crippen molar-refractivity contribution in [1.29, 1.82) is 0 Å². The van der Waals surface area contributed by atoms with Gasteiger partial charge in [0, 0.05) is 18.7 Å². The zero-order valence-electron chi connectivity index (χ0n) is 10.7. The van der Waals surface area contributed by atoms with Crippen LogP contribution in [-0.4, -0.2) is 23.8 Å². The fourth-order valence-electron chi connectivity index (χ4n) is 1.67. The van der Waals surface area contributed by atoms with Crippen LogP contribution in [-0.2, 0) is 0 Å². The molecule has 2 heteroatoms. The van der Waals surface area contributed by atoms with Gasteiger partial charge in [0.15, 0.2) is 0 Å². The summed E-state index contributed by atoms with van der Waals surface area (Å²) in [5.74, 6) is 0. The van der Waals surface area contributed by atoms with E-state index in [1.165, 1.54) is 12.0 Å². The molecule has 0 aliphatic heterocycles. The average Bonchev–Trinajstić information content (AvgIpc) is 2.16. The van der Waals surface area contributed by atoms with Crippen LogP contribution < -0.4 is 5.32 Å². The van der Waals surface area contributed by atoms with Gasteiger partial charge in [-0.1, -0.05) is 18.6 Å². The molecule has 0 saturated carbocycles. The van der Waals surface area contributed by atoms with E-state index in [9.17, 15) is 0 Å². The van der Waals surface area contributed by atoms with Crippen LogP contribution in [0.5, 0.6) is 0 Å². The van der Waals surface area contributed by atoms with Crippen molar-refractivity contribution >= 4 is 0 Å². The lowest BCUT2D eigenvalue weighted by molar-refractivity contribution is 0.255. The van der Waals surface area contributed by atoms with Crippen molar-refractivity contribution in [2.45, 2.75) is 65.5 Å². The molecule has 0 saturated heterocycles. The van der Waals surface area contributed by atoms with E-state index < -0.39 is 0 Å². The molecule has 0 heterocycles. The summed E-state index contributed by atoms with van der Waals surface area (Å²) in [6.07, 6.45) is 6.56. The van der Waals surface area contributed by atoms with E-state index in [0.717, 1.165) is 19.3 Å². The number of aliphatic hydroxyl groups is 1. The van der Waals surface area contributed by atoms with Gasteiger partial charge >= 0.3 is 0 Å². The monoisotopic (exact) mass is 213 g/mol. The highest BCUT2D eigenvalue weighted by Gasteiger charge is 2.08. The van der Waals surface area contributed by atoms with Crippen LogP contribution in [0.25, 0.3) is 0 Å². The molecule has 0 amide bonds. The van der Waals surface area contributed by atoms with E-state index in [0.29, 0.717) is 12.1 Å². The summed E-state index contributed by atoms with van der Waals surface area (Å²) in [4.78, 5) is 0. The lowest BCUT2D eigenvalue weighted by Crippen LogP contribution is -2.36. The van der Waals surface area contributed by atoms with E-state index in [1.54, 1.807) is 0 Å². The molecule has 0 aromatic heterocycles. The molecule has 0 aromatic carbocycles. The Balaban J connectivity index is 3.70. The summed E-state index contributed by atoms with van der Waals surface area (Å²) in [6.45, 7) is 8.94. The molecule has 2 unspecified atom stereocenters. The Labute approximate surface area is 94.8 Å². The smallest absolute Gasteiger partial charge is 0.0445 e. The Morgan fingerprint density at radius 1 is 1.33 bits per heavy atom. The van der Waals surface area contributed by atoms with Crippen molar-refractivity contribution in [3.63, 3.8) is 0 Å². The maximum Gasteiger partial charge on any atom is 0.0445 e. The summed E-state index contributed by atoms with van der Waals surface area (Å²) in [7, 11) is 0. The maximum atomic E-state index is 8.88. The van der Waals surface area contributed by atoms with Crippen molar-refractivity contribution < 1.29 is 5.11 Å². The standard InChI is InChI=1S/C13H27NO/c1-5-13(9-10-15)14-12(4)8-6-7-11(2)3/h7,12-15H,5-6,8-10H2,1-4H3. The first-order chi connectivity index (χ1) is 7.10. The SMILES string of the molecule is CCC(CCO)NC(C)CCC=C(C)C. The first-order valence-corrected chi connectivity index (χ1v) is 6.10. The lowest BCUT2D eigenvalue weighted by Gasteiger charge is -2.21. The molecule has 0 aromatic rings. The second kappa shape index (κ2) is 8.93. The van der Waals surface area contributed by atoms with Crippen molar-refractivity contribution in [3.05, 3.63) is 11.6 Å². The minimum absolute atomic E-state index is 0.284. The quantitative estimate of drug-likeness (QED) is 0.608. The Kier molecular flexibility index (Phi) is 8.73. The van der Waals surface area contributed by atoms with Gasteiger partial charge in [-0.15, -0.1) is 0 Å². The van der Waals surface area contributed by atoms with Gasteiger partial charge in [-0.05, 0) is 46.5 Å². The average molecular weight is 213 g/mol. The summed E-state index contributed by atoms with van der Waals surface area (Å²) in [5, 5.41) is 12.4. The summed E-state index contributed by atoms with van der Waals surface area (Å²) >= 11 is 0. The van der Waals surface area contributed by atoms with Gasteiger partial charge in [-0.25, -0.2) is 0 Å². The lowest BCUT2D eigenvalue weighted by atomic mass is 10.1. The van der Waals surface area contributed by atoms with Gasteiger partial charge in [0.05, 0.1) is 0 Å². The number of hydrogen-bond donors (Lipinski definition) is 2. The van der Waals surface area contributed by atoms with Crippen molar-refractivity contribution in [3.8, 4) is 0 Å². The summed E-state index contributed by atoms with van der Waals surface area (Å²) < 4.78 is 0. The molecular formula is C13H27NO. The number of allylic oxidation sites excluding steroid dienone is 2. The molecule has 2 atom stereocenters. The van der Waals surface area contributed by atoms with Gasteiger partial charge in [0.2, 0.25) is 0 Å². The van der Waals surface area contributed by atoms with Gasteiger partial charge in [0.25, 0.3) is 0 Å². The number of hydrogen-bond acceptors (Lipinski definition) is 2. The Morgan fingerprint density at radius 2 is 2.00 bits per heavy atom. The van der Waals surface area contributed by atoms with Crippen LogP contribution in [0.1, 0.15) is 53.4 Å². The second-order valence-corrected chi connectivity index (χ2v) is 4.54. The van der Waals surface area contributed by atoms with Gasteiger partial charge in [-0.2, -0.15) is 0 Å². The fraction of sp³-hybridized carbons (Fsp3) is 0.846. The molecule has 0 fully saturated rings. The number of nitrogens with one attached hydrogen (secondary N) is 1. The summed E-state index contributed by atoms with van der Waals surface area (Å²) in [5.41, 5.74) is 1.39. The number of rotatable bonds is 8. The minimum atomic E-state index is 0.284. The Hall–Kier alpha value is -0.340. The molecule has 0 aliphatic carbocycles. The van der Waals surface area contributed by atoms with E-state index in [1.807, 2.05) is 0 Å². The van der Waals surface area contributed by atoms with Crippen LogP contribution in [0, 0.1) is 0 Å². The molecular weight excluding hydrogens is 186 g/mol. The van der Waals surface area contributed by atoms with Crippen LogP contribution in [0.2, 0.25) is 0 Å². The highest BCUT2D eigenvalue weighted by atomic mass is 16.3. The molecule has 0 bridgehead atoms. The van der Waals surface area contributed by atoms with Crippen LogP contribution >= 0.6 is 0 Å². The molecule has 2 nitrogen and oxygen atoms in total. The van der Waals surface area contributed by atoms with Crippen molar-refractivity contribution in [2.24, 2.45) is 0 Å². The number of aliphatic hydroxyl groups excluding tert-OH is 1. The predicted octanol–water partition coefficient (Wildman–Crippen LogP) is 2.87. The predicted molar refractivity (Wildman–Crippen MR) is 67.0 cm³/mol. The van der Waals surface area contributed by atoms with E-state index in [2.05, 4.69) is 39.1 Å². The third-order valence-corrected chi connectivity index (χ3v) is 2.64. The molecule has 90 valence electrons. The van der Waals surface area contributed by atoms with Crippen molar-refractivity contribution in [2.75, 3.05) is 6.61 Å². The van der Waals surface area contributed by atoms with Crippen LogP contribution in [0.4, 0.5) is 0 Å². The zero-order chi connectivity index (χ0) is 11.7. The van der Waals surface area contributed by atoms with E-state index in [-0.39, 0.29) is 6.61 Å².